The number of phenols is 1. The van der Waals surface area contributed by atoms with Crippen molar-refractivity contribution in [2.24, 2.45) is 0 Å². The summed E-state index contributed by atoms with van der Waals surface area (Å²) in [5.41, 5.74) is 7.90. The van der Waals surface area contributed by atoms with Crippen LogP contribution in [0.2, 0.25) is 0 Å². The van der Waals surface area contributed by atoms with Crippen molar-refractivity contribution in [1.29, 1.82) is 0 Å². The molecule has 0 spiro atoms. The van der Waals surface area contributed by atoms with Crippen LogP contribution in [0.1, 0.15) is 75.0 Å². The predicted molar refractivity (Wildman–Crippen MR) is 182 cm³/mol. The summed E-state index contributed by atoms with van der Waals surface area (Å²) >= 11 is 0. The summed E-state index contributed by atoms with van der Waals surface area (Å²) in [6.45, 7) is 14.0. The van der Waals surface area contributed by atoms with Crippen LogP contribution in [0, 0.1) is 6.65 Å². The quantitative estimate of drug-likeness (QED) is 0.0584. The maximum absolute atomic E-state index is 9.86. The molecule has 0 aliphatic heterocycles. The van der Waals surface area contributed by atoms with Gasteiger partial charge in [-0.05, 0) is 104 Å². The number of benzene rings is 3. The maximum atomic E-state index is 9.86. The summed E-state index contributed by atoms with van der Waals surface area (Å²) in [4.78, 5) is 2.51. The first-order valence-corrected chi connectivity index (χ1v) is 15.8. The van der Waals surface area contributed by atoms with Gasteiger partial charge in [0, 0.05) is 33.5 Å². The number of nitrogens with zero attached hydrogens (tertiary/aromatic N) is 1. The fourth-order valence-corrected chi connectivity index (χ4v) is 5.70. The van der Waals surface area contributed by atoms with Crippen LogP contribution in [0.15, 0.2) is 121 Å². The second-order valence-corrected chi connectivity index (χ2v) is 11.2. The fourth-order valence-electron chi connectivity index (χ4n) is 5.70. The number of hydrogen-bond donors (Lipinski definition) is 1. The van der Waals surface area contributed by atoms with E-state index in [0.29, 0.717) is 12.4 Å². The number of unbranched alkanes of at least 4 members (excludes halogenated alkanes) is 1. The number of rotatable bonds is 14. The summed E-state index contributed by atoms with van der Waals surface area (Å²) in [5.74, 6) is 1.23. The number of aromatic hydroxyl groups is 1. The van der Waals surface area contributed by atoms with Crippen LogP contribution >= 0.6 is 0 Å². The first kappa shape index (κ1) is 37.8. The Balaban J connectivity index is 0.00000230. The fraction of sp³-hybridized carbons (Fsp3) is 0.325. The Hall–Kier alpha value is -3.42. The van der Waals surface area contributed by atoms with Gasteiger partial charge in [-0.2, -0.15) is 0 Å². The molecule has 45 heavy (non-hydrogen) atoms. The molecule has 3 aromatic carbocycles. The number of phenolic OH excluding ortho intramolecular Hbond substituents is 1. The van der Waals surface area contributed by atoms with E-state index >= 15 is 0 Å². The van der Waals surface area contributed by atoms with Crippen molar-refractivity contribution < 1.29 is 34.9 Å². The van der Waals surface area contributed by atoms with E-state index in [9.17, 15) is 5.11 Å². The smallest absolute Gasteiger partial charge is 0 e. The standard InChI is InChI=1S/C39H47NO2.CO.Re/c1-3-5-15-32(4-2)30-40(31-33-16-9-8-10-17-33)28-13-14-29-42-38-26-22-36(23-27-38)39(34-18-11-6-7-12-19-34)35-20-24-37(41)25-21-35;1-2;/h3-5,8-10,15-17,20-27,41H,1,6-7,11-14,18-19,28-31H2,2H3;;/b15-5-,32-4+;;. The molecule has 0 heterocycles. The SMILES string of the molecule is C=C/C=C\C(=C/C)CN(CCCCOc1ccc(C(=C2CCCCCC2)c2ccc(O)cc2)cc1)Cc1ccccc1.[C-]#[O+].[Re]. The monoisotopic (exact) mass is 776 g/mol. The molecule has 1 aliphatic carbocycles. The van der Waals surface area contributed by atoms with E-state index in [2.05, 4.69) is 91.8 Å². The van der Waals surface area contributed by atoms with Crippen LogP contribution in [0.25, 0.3) is 5.57 Å². The van der Waals surface area contributed by atoms with Gasteiger partial charge < -0.3 is 9.84 Å². The molecule has 1 saturated carbocycles. The molecule has 237 valence electrons. The van der Waals surface area contributed by atoms with Gasteiger partial charge in [-0.15, -0.1) is 0 Å². The van der Waals surface area contributed by atoms with Gasteiger partial charge in [0.25, 0.3) is 0 Å². The molecular weight excluding hydrogens is 729 g/mol. The molecule has 1 aliphatic rings. The summed E-state index contributed by atoms with van der Waals surface area (Å²) in [6, 6.07) is 27.0. The van der Waals surface area contributed by atoms with Gasteiger partial charge in [0.2, 0.25) is 0 Å². The topological polar surface area (TPSA) is 52.6 Å². The minimum atomic E-state index is 0. The Morgan fingerprint density at radius 2 is 1.51 bits per heavy atom. The summed E-state index contributed by atoms with van der Waals surface area (Å²) < 4.78 is 13.7. The molecule has 0 saturated heterocycles. The van der Waals surface area contributed by atoms with Gasteiger partial charge in [0.05, 0.1) is 6.61 Å². The van der Waals surface area contributed by atoms with Crippen LogP contribution in [0.4, 0.5) is 0 Å². The minimum absolute atomic E-state index is 0. The molecule has 0 bridgehead atoms. The van der Waals surface area contributed by atoms with Gasteiger partial charge in [0.15, 0.2) is 0 Å². The molecule has 0 amide bonds. The van der Waals surface area contributed by atoms with E-state index < -0.39 is 0 Å². The van der Waals surface area contributed by atoms with Crippen molar-refractivity contribution in [3.63, 3.8) is 0 Å². The van der Waals surface area contributed by atoms with Gasteiger partial charge in [-0.3, -0.25) is 4.90 Å². The average molecular weight is 776 g/mol. The second-order valence-electron chi connectivity index (χ2n) is 11.2. The molecule has 0 aromatic heterocycles. The molecule has 4 rings (SSSR count). The van der Waals surface area contributed by atoms with Crippen LogP contribution in [-0.4, -0.2) is 29.7 Å². The molecule has 0 atom stereocenters. The zero-order chi connectivity index (χ0) is 31.4. The van der Waals surface area contributed by atoms with E-state index in [-0.39, 0.29) is 20.4 Å². The van der Waals surface area contributed by atoms with E-state index in [4.69, 9.17) is 9.39 Å². The first-order chi connectivity index (χ1) is 21.7. The van der Waals surface area contributed by atoms with Crippen LogP contribution in [-0.2, 0) is 31.6 Å². The zero-order valence-corrected chi connectivity index (χ0v) is 29.3. The molecular formula is C40H47NO3Re. The maximum Gasteiger partial charge on any atom is 0 e. The molecule has 3 aromatic rings. The Kier molecular flexibility index (Phi) is 18.6. The summed E-state index contributed by atoms with van der Waals surface area (Å²) in [6.07, 6.45) is 17.7. The van der Waals surface area contributed by atoms with Crippen molar-refractivity contribution in [3.8, 4) is 11.5 Å². The Bertz CT molecular complexity index is 1360. The van der Waals surface area contributed by atoms with Gasteiger partial charge in [-0.1, -0.05) is 104 Å². The average Bonchev–Trinajstić information content (AvgIpc) is 3.35. The third-order valence-electron chi connectivity index (χ3n) is 7.97. The van der Waals surface area contributed by atoms with Gasteiger partial charge >= 0.3 is 11.3 Å². The van der Waals surface area contributed by atoms with Crippen molar-refractivity contribution in [1.82, 2.24) is 4.90 Å². The number of allylic oxidation sites excluding steroid dienone is 4. The number of ether oxygens (including phenoxy) is 1. The van der Waals surface area contributed by atoms with Crippen molar-refractivity contribution in [3.05, 3.63) is 144 Å². The summed E-state index contributed by atoms with van der Waals surface area (Å²) in [7, 11) is 0. The van der Waals surface area contributed by atoms with Gasteiger partial charge in [0.1, 0.15) is 11.5 Å². The molecule has 5 heteroatoms. The van der Waals surface area contributed by atoms with Gasteiger partial charge in [-0.25, -0.2) is 0 Å². The third-order valence-corrected chi connectivity index (χ3v) is 7.97. The molecule has 1 radical (unpaired) electrons. The zero-order valence-electron chi connectivity index (χ0n) is 26.6. The molecule has 4 nitrogen and oxygen atoms in total. The Morgan fingerprint density at radius 1 is 0.889 bits per heavy atom. The van der Waals surface area contributed by atoms with Crippen LogP contribution in [0.3, 0.4) is 0 Å². The molecule has 1 N–H and O–H groups in total. The van der Waals surface area contributed by atoms with Crippen LogP contribution < -0.4 is 4.74 Å². The van der Waals surface area contributed by atoms with E-state index in [1.807, 2.05) is 24.3 Å². The largest absolute Gasteiger partial charge is 0 e. The van der Waals surface area contributed by atoms with Crippen molar-refractivity contribution in [2.45, 2.75) is 64.8 Å². The first-order valence-electron chi connectivity index (χ1n) is 15.8. The molecule has 0 unspecified atom stereocenters. The van der Waals surface area contributed by atoms with Crippen molar-refractivity contribution in [2.75, 3.05) is 19.7 Å². The number of hydrogen-bond acceptors (Lipinski definition) is 3. The predicted octanol–water partition coefficient (Wildman–Crippen LogP) is 9.86. The van der Waals surface area contributed by atoms with Crippen molar-refractivity contribution >= 4 is 5.57 Å². The minimum Gasteiger partial charge on any atom is 0 e. The normalized spacial score (nSPS) is 13.3. The van der Waals surface area contributed by atoms with E-state index in [1.165, 1.54) is 59.1 Å². The summed E-state index contributed by atoms with van der Waals surface area (Å²) in [5, 5.41) is 9.86. The van der Waals surface area contributed by atoms with E-state index in [1.54, 1.807) is 12.1 Å². The Labute approximate surface area is 284 Å². The molecule has 1 fully saturated rings. The third kappa shape index (κ3) is 13.2. The second kappa shape index (κ2) is 22.1. The van der Waals surface area contributed by atoms with Crippen LogP contribution in [0.5, 0.6) is 11.5 Å². The Morgan fingerprint density at radius 3 is 2.11 bits per heavy atom. The van der Waals surface area contributed by atoms with E-state index in [0.717, 1.165) is 51.1 Å².